The third kappa shape index (κ3) is 5.98. The molecule has 1 aliphatic heterocycles. The Kier molecular flexibility index (Phi) is 7.77. The number of ether oxygens (including phenoxy) is 1. The summed E-state index contributed by atoms with van der Waals surface area (Å²) in [5.74, 6) is -0.574. The number of aliphatic hydroxyl groups is 1. The second kappa shape index (κ2) is 11.3. The van der Waals surface area contributed by atoms with E-state index < -0.39 is 23.2 Å². The van der Waals surface area contributed by atoms with Crippen molar-refractivity contribution in [2.45, 2.75) is 45.0 Å². The minimum absolute atomic E-state index is 0.163. The Labute approximate surface area is 247 Å². The highest BCUT2D eigenvalue weighted by atomic mass is 19.1. The smallest absolute Gasteiger partial charge is 0.410 e. The molecule has 5 rings (SSSR count). The van der Waals surface area contributed by atoms with E-state index in [1.807, 2.05) is 50.2 Å². The van der Waals surface area contributed by atoms with Crippen LogP contribution in [0.4, 0.5) is 20.6 Å². The minimum Gasteiger partial charge on any atom is -0.448 e. The maximum Gasteiger partial charge on any atom is 0.410 e. The van der Waals surface area contributed by atoms with Gasteiger partial charge in [0.25, 0.3) is 5.91 Å². The number of hydrogen-bond acceptors (Lipinski definition) is 8. The number of pyridine rings is 1. The molecule has 0 bridgehead atoms. The van der Waals surface area contributed by atoms with Crippen LogP contribution in [0.15, 0.2) is 60.9 Å². The lowest BCUT2D eigenvalue weighted by molar-refractivity contribution is -0.00177. The number of alkyl halides is 1. The van der Waals surface area contributed by atoms with Crippen molar-refractivity contribution in [1.82, 2.24) is 24.8 Å². The summed E-state index contributed by atoms with van der Waals surface area (Å²) in [6, 6.07) is 16.6. The highest BCUT2D eigenvalue weighted by Crippen LogP contribution is 2.33. The van der Waals surface area contributed by atoms with Crippen molar-refractivity contribution in [3.63, 3.8) is 0 Å². The molecule has 0 saturated carbocycles. The Bertz CT molecular complexity index is 1720. The van der Waals surface area contributed by atoms with Crippen LogP contribution in [0, 0.1) is 11.3 Å². The Morgan fingerprint density at radius 2 is 1.91 bits per heavy atom. The molecule has 12 heteroatoms. The van der Waals surface area contributed by atoms with Crippen molar-refractivity contribution >= 4 is 28.9 Å². The van der Waals surface area contributed by atoms with E-state index >= 15 is 0 Å². The van der Waals surface area contributed by atoms with Gasteiger partial charge in [-0.25, -0.2) is 13.7 Å². The molecule has 1 saturated heterocycles. The van der Waals surface area contributed by atoms with E-state index in [2.05, 4.69) is 26.8 Å². The van der Waals surface area contributed by atoms with Gasteiger partial charge in [0.1, 0.15) is 18.8 Å². The number of halogens is 1. The first-order valence-electron chi connectivity index (χ1n) is 13.7. The van der Waals surface area contributed by atoms with Gasteiger partial charge >= 0.3 is 6.09 Å². The first-order valence-corrected chi connectivity index (χ1v) is 13.7. The Morgan fingerprint density at radius 3 is 2.56 bits per heavy atom. The SMILES string of the molecule is CC(C)(O)[C@H](F)CNC(=O)c1cnc(-c2ccc3cc(C#N)cnn23)cc1Nc1ccc(C(C)(C)N2CCOC2=O)cc1. The monoisotopic (exact) mass is 585 g/mol. The van der Waals surface area contributed by atoms with Gasteiger partial charge in [0.15, 0.2) is 0 Å². The molecule has 222 valence electrons. The predicted octanol–water partition coefficient (Wildman–Crippen LogP) is 4.54. The third-order valence-corrected chi connectivity index (χ3v) is 7.55. The molecule has 1 fully saturated rings. The van der Waals surface area contributed by atoms with Gasteiger partial charge in [0, 0.05) is 11.9 Å². The van der Waals surface area contributed by atoms with Gasteiger partial charge in [-0.2, -0.15) is 10.4 Å². The summed E-state index contributed by atoms with van der Waals surface area (Å²) in [7, 11) is 0. The number of nitriles is 1. The number of fused-ring (bicyclic) bond motifs is 1. The van der Waals surface area contributed by atoms with E-state index in [1.165, 1.54) is 26.2 Å². The van der Waals surface area contributed by atoms with Gasteiger partial charge in [-0.3, -0.25) is 14.7 Å². The molecule has 0 radical (unpaired) electrons. The number of hydrogen-bond donors (Lipinski definition) is 3. The van der Waals surface area contributed by atoms with Crippen LogP contribution < -0.4 is 10.6 Å². The maximum atomic E-state index is 14.4. The van der Waals surface area contributed by atoms with Gasteiger partial charge in [-0.05, 0) is 69.7 Å². The first kappa shape index (κ1) is 29.5. The fourth-order valence-electron chi connectivity index (χ4n) is 4.84. The van der Waals surface area contributed by atoms with Crippen LogP contribution in [-0.4, -0.2) is 68.1 Å². The summed E-state index contributed by atoms with van der Waals surface area (Å²) in [4.78, 5) is 31.5. The Morgan fingerprint density at radius 1 is 1.16 bits per heavy atom. The zero-order valence-electron chi connectivity index (χ0n) is 24.3. The quantitative estimate of drug-likeness (QED) is 0.260. The summed E-state index contributed by atoms with van der Waals surface area (Å²) < 4.78 is 21.2. The normalized spacial score (nSPS) is 14.3. The molecule has 1 aliphatic rings. The van der Waals surface area contributed by atoms with Gasteiger partial charge in [-0.1, -0.05) is 12.1 Å². The molecule has 3 aromatic heterocycles. The minimum atomic E-state index is -1.68. The summed E-state index contributed by atoms with van der Waals surface area (Å²) in [5, 5.41) is 29.3. The highest BCUT2D eigenvalue weighted by molar-refractivity contribution is 6.00. The van der Waals surface area contributed by atoms with Crippen LogP contribution in [0.3, 0.4) is 0 Å². The van der Waals surface area contributed by atoms with E-state index in [-0.39, 0.29) is 18.2 Å². The molecule has 0 aliphatic carbocycles. The molecule has 43 heavy (non-hydrogen) atoms. The fraction of sp³-hybridized carbons (Fsp3) is 0.323. The molecule has 11 nitrogen and oxygen atoms in total. The Balaban J connectivity index is 1.47. The number of anilines is 2. The molecular formula is C31H32FN7O4. The van der Waals surface area contributed by atoms with Crippen molar-refractivity contribution in [2.24, 2.45) is 0 Å². The average molecular weight is 586 g/mol. The number of carbonyl (C=O) groups excluding carboxylic acids is 2. The van der Waals surface area contributed by atoms with E-state index in [0.717, 1.165) is 5.56 Å². The molecule has 4 heterocycles. The second-order valence-corrected chi connectivity index (χ2v) is 11.4. The van der Waals surface area contributed by atoms with Crippen LogP contribution in [-0.2, 0) is 10.3 Å². The molecule has 3 N–H and O–H groups in total. The molecule has 4 aromatic rings. The van der Waals surface area contributed by atoms with Gasteiger partial charge < -0.3 is 20.5 Å². The lowest BCUT2D eigenvalue weighted by atomic mass is 9.92. The van der Waals surface area contributed by atoms with Gasteiger partial charge in [0.05, 0.1) is 64.1 Å². The molecule has 0 unspecified atom stereocenters. The number of nitrogens with zero attached hydrogens (tertiary/aromatic N) is 5. The van der Waals surface area contributed by atoms with E-state index in [0.29, 0.717) is 47.0 Å². The summed E-state index contributed by atoms with van der Waals surface area (Å²) in [6.07, 6.45) is 0.811. The number of carbonyl (C=O) groups is 2. The van der Waals surface area contributed by atoms with Gasteiger partial charge in [0.2, 0.25) is 0 Å². The van der Waals surface area contributed by atoms with E-state index in [1.54, 1.807) is 21.5 Å². The molecular weight excluding hydrogens is 553 g/mol. The number of benzene rings is 1. The largest absolute Gasteiger partial charge is 0.448 e. The van der Waals surface area contributed by atoms with Crippen molar-refractivity contribution in [3.8, 4) is 17.5 Å². The topological polar surface area (TPSA) is 145 Å². The van der Waals surface area contributed by atoms with E-state index in [9.17, 15) is 24.3 Å². The van der Waals surface area contributed by atoms with Crippen LogP contribution in [0.1, 0.15) is 49.2 Å². The molecule has 1 aromatic carbocycles. The number of cyclic esters (lactones) is 1. The van der Waals surface area contributed by atoms with Crippen LogP contribution >= 0.6 is 0 Å². The van der Waals surface area contributed by atoms with Crippen LogP contribution in [0.5, 0.6) is 0 Å². The fourth-order valence-corrected chi connectivity index (χ4v) is 4.84. The van der Waals surface area contributed by atoms with Crippen molar-refractivity contribution in [2.75, 3.05) is 25.0 Å². The van der Waals surface area contributed by atoms with Crippen molar-refractivity contribution in [3.05, 3.63) is 77.6 Å². The Hall–Kier alpha value is -5.02. The second-order valence-electron chi connectivity index (χ2n) is 11.4. The lowest BCUT2D eigenvalue weighted by Gasteiger charge is -2.34. The summed E-state index contributed by atoms with van der Waals surface area (Å²) >= 11 is 0. The lowest BCUT2D eigenvalue weighted by Crippen LogP contribution is -2.42. The highest BCUT2D eigenvalue weighted by Gasteiger charge is 2.37. The zero-order chi connectivity index (χ0) is 30.9. The summed E-state index contributed by atoms with van der Waals surface area (Å²) in [6.45, 7) is 7.02. The first-order chi connectivity index (χ1) is 20.4. The maximum absolute atomic E-state index is 14.4. The van der Waals surface area contributed by atoms with Crippen LogP contribution in [0.25, 0.3) is 16.9 Å². The van der Waals surface area contributed by atoms with Crippen molar-refractivity contribution in [1.29, 1.82) is 5.26 Å². The average Bonchev–Trinajstić information content (AvgIpc) is 3.61. The van der Waals surface area contributed by atoms with E-state index in [4.69, 9.17) is 4.74 Å². The summed E-state index contributed by atoms with van der Waals surface area (Å²) in [5.41, 5.74) is 2.16. The number of amides is 2. The molecule has 1 atom stereocenters. The number of rotatable bonds is 9. The third-order valence-electron chi connectivity index (χ3n) is 7.55. The standard InChI is InChI=1S/C31H32FN7O4/c1-30(2,38-11-12-43-29(38)41)20-5-7-21(8-6-20)37-24-14-25(26-10-9-22-13-19(15-33)16-36-39(22)26)34-17-23(24)28(40)35-18-27(32)31(3,4)42/h5-10,13-14,16-17,27,42H,11-12,18H2,1-4H3,(H,34,37)(H,35,40)/t27-/m1/s1. The van der Waals surface area contributed by atoms with Gasteiger partial charge in [-0.15, -0.1) is 0 Å². The zero-order valence-corrected chi connectivity index (χ0v) is 24.3. The molecule has 2 amide bonds. The molecule has 0 spiro atoms. The van der Waals surface area contributed by atoms with Crippen LogP contribution in [0.2, 0.25) is 0 Å². The van der Waals surface area contributed by atoms with Crippen molar-refractivity contribution < 1.29 is 23.8 Å². The predicted molar refractivity (Wildman–Crippen MR) is 157 cm³/mol. The number of aromatic nitrogens is 3. The number of nitrogens with one attached hydrogen (secondary N) is 2.